The van der Waals surface area contributed by atoms with Crippen molar-refractivity contribution in [2.45, 2.75) is 162 Å². The lowest BCUT2D eigenvalue weighted by atomic mass is 9.83. The second-order valence-corrected chi connectivity index (χ2v) is 21.3. The van der Waals surface area contributed by atoms with Crippen molar-refractivity contribution >= 4 is 35.4 Å². The third-order valence-electron chi connectivity index (χ3n) is 14.4. The first-order valence-electron chi connectivity index (χ1n) is 24.1. The van der Waals surface area contributed by atoms with Gasteiger partial charge in [0, 0.05) is 37.0 Å². The molecule has 13 nitrogen and oxygen atoms in total. The number of nitrogens with one attached hydrogen (secondary N) is 4. The summed E-state index contributed by atoms with van der Waals surface area (Å²) in [4.78, 5) is 88.3. The first-order chi connectivity index (χ1) is 31.2. The molecule has 2 heterocycles. The molecule has 8 atom stereocenters. The summed E-state index contributed by atoms with van der Waals surface area (Å²) >= 11 is 0. The van der Waals surface area contributed by atoms with Crippen molar-refractivity contribution in [2.24, 2.45) is 22.5 Å². The van der Waals surface area contributed by atoms with Crippen molar-refractivity contribution in [2.75, 3.05) is 6.54 Å². The summed E-state index contributed by atoms with van der Waals surface area (Å²) in [6.07, 6.45) is 6.36. The number of nitrogens with zero attached hydrogens (tertiary/aromatic N) is 2. The number of aryl methyl sites for hydroxylation is 2. The van der Waals surface area contributed by atoms with Crippen LogP contribution < -0.4 is 27.0 Å². The number of fused-ring (bicyclic) bond motifs is 3. The van der Waals surface area contributed by atoms with Crippen LogP contribution >= 0.6 is 0 Å². The van der Waals surface area contributed by atoms with E-state index in [-0.39, 0.29) is 79.4 Å². The van der Waals surface area contributed by atoms with Gasteiger partial charge in [0.05, 0.1) is 18.1 Å². The lowest BCUT2D eigenvalue weighted by molar-refractivity contribution is -0.147. The van der Waals surface area contributed by atoms with Crippen LogP contribution in [0, 0.1) is 16.7 Å². The number of likely N-dealkylation sites (tertiary alicyclic amines) is 1. The molecular weight excluding hydrogens is 831 g/mol. The molecule has 7 rings (SSSR count). The molecule has 0 saturated carbocycles. The van der Waals surface area contributed by atoms with Crippen LogP contribution in [0.3, 0.4) is 0 Å². The molecule has 1 fully saturated rings. The minimum Gasteiger partial charge on any atom is -0.347 e. The predicted molar refractivity (Wildman–Crippen MR) is 255 cm³/mol. The fraction of sp³-hybridized carbons (Fsp3) is 0.547. The van der Waals surface area contributed by atoms with E-state index in [1.165, 1.54) is 16.0 Å². The van der Waals surface area contributed by atoms with Gasteiger partial charge in [-0.1, -0.05) is 110 Å². The van der Waals surface area contributed by atoms with Gasteiger partial charge in [0.2, 0.25) is 29.5 Å². The van der Waals surface area contributed by atoms with Crippen LogP contribution in [0.1, 0.15) is 150 Å². The average Bonchev–Trinajstić information content (AvgIpc) is 3.72. The van der Waals surface area contributed by atoms with Gasteiger partial charge in [-0.3, -0.25) is 28.8 Å². The van der Waals surface area contributed by atoms with E-state index in [4.69, 9.17) is 5.73 Å². The maximum Gasteiger partial charge on any atom is 0.251 e. The number of hydrogen-bond acceptors (Lipinski definition) is 7. The van der Waals surface area contributed by atoms with Gasteiger partial charge in [-0.2, -0.15) is 0 Å². The van der Waals surface area contributed by atoms with Gasteiger partial charge in [0.15, 0.2) is 0 Å². The highest BCUT2D eigenvalue weighted by molar-refractivity contribution is 5.97. The second kappa shape index (κ2) is 19.7. The number of hydrogen-bond donors (Lipinski definition) is 5. The van der Waals surface area contributed by atoms with Gasteiger partial charge in [-0.25, -0.2) is 0 Å². The Morgan fingerprint density at radius 2 is 1.27 bits per heavy atom. The molecule has 66 heavy (non-hydrogen) atoms. The topological polar surface area (TPSA) is 183 Å². The van der Waals surface area contributed by atoms with Crippen molar-refractivity contribution in [3.05, 3.63) is 106 Å². The smallest absolute Gasteiger partial charge is 0.251 e. The number of carbonyl (C=O) groups excluding carboxylic acids is 6. The normalized spacial score (nSPS) is 23.0. The Labute approximate surface area is 390 Å². The Hall–Kier alpha value is -5.56. The molecule has 6 N–H and O–H groups in total. The Morgan fingerprint density at radius 1 is 0.697 bits per heavy atom. The number of benzene rings is 3. The molecule has 354 valence electrons. The van der Waals surface area contributed by atoms with E-state index in [9.17, 15) is 28.8 Å². The summed E-state index contributed by atoms with van der Waals surface area (Å²) in [5, 5.41) is 12.7. The van der Waals surface area contributed by atoms with Gasteiger partial charge >= 0.3 is 0 Å². The van der Waals surface area contributed by atoms with E-state index in [0.717, 1.165) is 55.2 Å². The van der Waals surface area contributed by atoms with Crippen molar-refractivity contribution in [3.63, 3.8) is 0 Å². The van der Waals surface area contributed by atoms with E-state index in [1.807, 2.05) is 91.8 Å². The highest BCUT2D eigenvalue weighted by Crippen LogP contribution is 2.34. The number of carbonyl (C=O) groups is 6. The molecule has 2 aliphatic heterocycles. The predicted octanol–water partition coefficient (Wildman–Crippen LogP) is 5.98. The molecule has 6 amide bonds. The summed E-state index contributed by atoms with van der Waals surface area (Å²) in [6.45, 7) is 15.3. The summed E-state index contributed by atoms with van der Waals surface area (Å²) in [7, 11) is 0. The third-order valence-corrected chi connectivity index (χ3v) is 14.4. The van der Waals surface area contributed by atoms with Crippen LogP contribution in [-0.4, -0.2) is 82.0 Å². The largest absolute Gasteiger partial charge is 0.347 e. The van der Waals surface area contributed by atoms with Crippen LogP contribution in [0.2, 0.25) is 0 Å². The van der Waals surface area contributed by atoms with Crippen LogP contribution in [0.5, 0.6) is 0 Å². The monoisotopic (exact) mass is 902 g/mol. The van der Waals surface area contributed by atoms with Gasteiger partial charge in [-0.05, 0) is 108 Å². The molecule has 3 aromatic carbocycles. The van der Waals surface area contributed by atoms with E-state index in [0.29, 0.717) is 17.5 Å². The van der Waals surface area contributed by atoms with Gasteiger partial charge in [0.1, 0.15) is 18.1 Å². The van der Waals surface area contributed by atoms with Crippen molar-refractivity contribution in [3.8, 4) is 0 Å². The summed E-state index contributed by atoms with van der Waals surface area (Å²) in [5.74, 6) is -2.18. The summed E-state index contributed by atoms with van der Waals surface area (Å²) in [6, 6.07) is 17.2. The Kier molecular flexibility index (Phi) is 14.5. The van der Waals surface area contributed by atoms with Crippen LogP contribution in [0.25, 0.3) is 0 Å². The second-order valence-electron chi connectivity index (χ2n) is 21.3. The van der Waals surface area contributed by atoms with Crippen molar-refractivity contribution in [1.29, 1.82) is 0 Å². The zero-order valence-electron chi connectivity index (χ0n) is 40.2. The van der Waals surface area contributed by atoms with Crippen LogP contribution in [0.15, 0.2) is 66.7 Å². The molecule has 2 aliphatic carbocycles. The van der Waals surface area contributed by atoms with E-state index < -0.39 is 41.0 Å². The zero-order chi connectivity index (χ0) is 47.7. The van der Waals surface area contributed by atoms with Crippen molar-refractivity contribution < 1.29 is 28.8 Å². The highest BCUT2D eigenvalue weighted by Gasteiger charge is 2.46. The Morgan fingerprint density at radius 3 is 1.83 bits per heavy atom. The molecule has 0 aromatic heterocycles. The van der Waals surface area contributed by atoms with Gasteiger partial charge in [-0.15, -0.1) is 0 Å². The van der Waals surface area contributed by atoms with E-state index >= 15 is 0 Å². The van der Waals surface area contributed by atoms with Crippen LogP contribution in [-0.2, 0) is 49.8 Å². The quantitative estimate of drug-likeness (QED) is 0.157. The van der Waals surface area contributed by atoms with Crippen molar-refractivity contribution in [1.82, 2.24) is 31.1 Å². The minimum atomic E-state index is -0.921. The Balaban J connectivity index is 1.13. The van der Waals surface area contributed by atoms with Gasteiger partial charge in [0.25, 0.3) is 5.91 Å². The molecule has 0 spiro atoms. The average molecular weight is 902 g/mol. The third kappa shape index (κ3) is 10.5. The number of amides is 6. The first kappa shape index (κ1) is 48.4. The number of rotatable bonds is 11. The minimum absolute atomic E-state index is 0.0450. The fourth-order valence-electron chi connectivity index (χ4n) is 10.1. The van der Waals surface area contributed by atoms with Gasteiger partial charge < -0.3 is 36.8 Å². The maximum atomic E-state index is 14.9. The molecule has 3 aromatic rings. The fourth-order valence-corrected chi connectivity index (χ4v) is 10.1. The molecule has 0 radical (unpaired) electrons. The molecule has 4 aliphatic rings. The van der Waals surface area contributed by atoms with Crippen LogP contribution in [0.4, 0.5) is 0 Å². The van der Waals surface area contributed by atoms with E-state index in [2.05, 4.69) is 39.5 Å². The Bertz CT molecular complexity index is 2330. The standard InChI is InChI=1S/C53H71N7O6/c1-9-31(2)46(61)58-45(53(6,7)8)51(66)59-29-36-26-35(25-24-34(36)27-42(59)48(63)56-40-22-14-18-32-16-10-12-20-38(32)40)47(62)55-37-28-43(60(30-37)50(65)44(54)52(3,4)5)49(64)57-41-23-15-19-33-17-11-13-21-39(33)41/h10-13,16-17,20-21,24-26,31,37,40-45H,9,14-15,18-19,22-23,27-30,54H2,1-8H3,(H,55,62)(H,56,63)(H,57,64)(H,58,61)/t31-,37?,40?,41?,42+,43+,44-,45-/m1/s1. The molecule has 3 unspecified atom stereocenters. The lowest BCUT2D eigenvalue weighted by Crippen LogP contribution is -2.61. The summed E-state index contributed by atoms with van der Waals surface area (Å²) in [5.41, 5.74) is 11.8. The molecular formula is C53H71N7O6. The number of nitrogens with two attached hydrogens (primary N) is 1. The summed E-state index contributed by atoms with van der Waals surface area (Å²) < 4.78 is 0. The lowest BCUT2D eigenvalue weighted by Gasteiger charge is -2.42. The maximum absolute atomic E-state index is 14.9. The first-order valence-corrected chi connectivity index (χ1v) is 24.1. The highest BCUT2D eigenvalue weighted by atomic mass is 16.2. The molecule has 0 bridgehead atoms. The van der Waals surface area contributed by atoms with E-state index in [1.54, 1.807) is 17.0 Å². The SMILES string of the molecule is CC[C@@H](C)C(=O)N[C@H](C(=O)N1Cc2cc(C(=O)NC3C[C@@H](C(=O)NC4CCCc5ccccc54)N(C(=O)[C@@H](N)C(C)(C)C)C3)ccc2C[C@H]1C(=O)NC1CCCc2ccccc21)C(C)(C)C. The zero-order valence-corrected chi connectivity index (χ0v) is 40.2. The molecule has 13 heteroatoms. The molecule has 1 saturated heterocycles.